The summed E-state index contributed by atoms with van der Waals surface area (Å²) in [5.74, 6) is 2.21. The highest BCUT2D eigenvalue weighted by atomic mass is 35.5. The Kier molecular flexibility index (Phi) is 5.94. The van der Waals surface area contributed by atoms with Crippen molar-refractivity contribution >= 4 is 44.7 Å². The maximum atomic E-state index is 12.5. The van der Waals surface area contributed by atoms with Crippen molar-refractivity contribution in [3.05, 3.63) is 16.5 Å². The van der Waals surface area contributed by atoms with Gasteiger partial charge < -0.3 is 4.74 Å². The maximum Gasteiger partial charge on any atom is 0.250 e. The smallest absolute Gasteiger partial charge is 0.250 e. The first-order valence-electron chi connectivity index (χ1n) is 7.67. The highest BCUT2D eigenvalue weighted by molar-refractivity contribution is 7.99. The zero-order valence-corrected chi connectivity index (χ0v) is 16.0. The molecule has 3 heterocycles. The van der Waals surface area contributed by atoms with Crippen LogP contribution in [0.3, 0.4) is 0 Å². The second-order valence-corrected chi connectivity index (χ2v) is 10.8. The van der Waals surface area contributed by atoms with Gasteiger partial charge in [0.2, 0.25) is 10.0 Å². The fourth-order valence-electron chi connectivity index (χ4n) is 3.14. The van der Waals surface area contributed by atoms with Crippen molar-refractivity contribution in [2.75, 3.05) is 44.4 Å². The molecule has 0 saturated carbocycles. The standard InChI is InChI=1S/C14H21ClN2O3S3/c15-12-1-2-13(22-12)23(18,19)16-11-14(3-7-20-8-4-14)17-5-9-21-10-6-17/h1-2,16H,3-11H2. The van der Waals surface area contributed by atoms with Crippen LogP contribution in [0.15, 0.2) is 16.3 Å². The fraction of sp³-hybridized carbons (Fsp3) is 0.714. The van der Waals surface area contributed by atoms with Crippen molar-refractivity contribution in [3.63, 3.8) is 0 Å². The van der Waals surface area contributed by atoms with Crippen LogP contribution < -0.4 is 4.72 Å². The first kappa shape index (κ1) is 18.0. The van der Waals surface area contributed by atoms with Crippen LogP contribution in [-0.4, -0.2) is 63.2 Å². The highest BCUT2D eigenvalue weighted by Gasteiger charge is 2.40. The molecule has 3 rings (SSSR count). The maximum absolute atomic E-state index is 12.5. The SMILES string of the molecule is O=S(=O)(NCC1(N2CCSCC2)CCOCC1)c1ccc(Cl)s1. The lowest BCUT2D eigenvalue weighted by atomic mass is 9.88. The lowest BCUT2D eigenvalue weighted by molar-refractivity contribution is -0.0218. The summed E-state index contributed by atoms with van der Waals surface area (Å²) in [5, 5.41) is 0. The number of nitrogens with zero attached hydrogens (tertiary/aromatic N) is 1. The van der Waals surface area contributed by atoms with Crippen LogP contribution in [0.5, 0.6) is 0 Å². The molecule has 0 bridgehead atoms. The molecule has 0 atom stereocenters. The lowest BCUT2D eigenvalue weighted by Gasteiger charge is -2.47. The van der Waals surface area contributed by atoms with Crippen LogP contribution in [0.25, 0.3) is 0 Å². The molecule has 1 N–H and O–H groups in total. The van der Waals surface area contributed by atoms with Gasteiger partial charge >= 0.3 is 0 Å². The van der Waals surface area contributed by atoms with Gasteiger partial charge in [-0.05, 0) is 25.0 Å². The number of ether oxygens (including phenoxy) is 1. The number of nitrogens with one attached hydrogen (secondary N) is 1. The molecule has 130 valence electrons. The van der Waals surface area contributed by atoms with Crippen LogP contribution in [0, 0.1) is 0 Å². The first-order chi connectivity index (χ1) is 11.0. The van der Waals surface area contributed by atoms with Gasteiger partial charge in [-0.15, -0.1) is 11.3 Å². The van der Waals surface area contributed by atoms with E-state index in [-0.39, 0.29) is 9.75 Å². The summed E-state index contributed by atoms with van der Waals surface area (Å²) < 4.78 is 34.1. The summed E-state index contributed by atoms with van der Waals surface area (Å²) in [5.41, 5.74) is -0.132. The van der Waals surface area contributed by atoms with Crippen LogP contribution in [-0.2, 0) is 14.8 Å². The summed E-state index contributed by atoms with van der Waals surface area (Å²) in [6, 6.07) is 3.18. The normalized spacial score (nSPS) is 23.0. The van der Waals surface area contributed by atoms with Crippen LogP contribution in [0.2, 0.25) is 4.34 Å². The molecule has 2 saturated heterocycles. The molecule has 2 aliphatic rings. The van der Waals surface area contributed by atoms with Crippen molar-refractivity contribution in [1.29, 1.82) is 0 Å². The molecule has 2 aliphatic heterocycles. The Labute approximate surface area is 150 Å². The Balaban J connectivity index is 1.73. The summed E-state index contributed by atoms with van der Waals surface area (Å²) >= 11 is 8.91. The second kappa shape index (κ2) is 7.59. The topological polar surface area (TPSA) is 58.6 Å². The number of halogens is 1. The minimum absolute atomic E-state index is 0.132. The average molecular weight is 397 g/mol. The molecule has 23 heavy (non-hydrogen) atoms. The number of hydrogen-bond donors (Lipinski definition) is 1. The molecule has 1 aromatic rings. The van der Waals surface area contributed by atoms with Gasteiger partial charge in [0.25, 0.3) is 0 Å². The molecule has 0 unspecified atom stereocenters. The van der Waals surface area contributed by atoms with E-state index in [2.05, 4.69) is 9.62 Å². The van der Waals surface area contributed by atoms with Crippen molar-refractivity contribution in [3.8, 4) is 0 Å². The third kappa shape index (κ3) is 4.23. The van der Waals surface area contributed by atoms with Gasteiger partial charge in [-0.3, -0.25) is 4.90 Å². The highest BCUT2D eigenvalue weighted by Crippen LogP contribution is 2.31. The zero-order chi connectivity index (χ0) is 16.3. The molecular weight excluding hydrogens is 376 g/mol. The molecular formula is C14H21ClN2O3S3. The van der Waals surface area contributed by atoms with E-state index in [1.54, 1.807) is 12.1 Å². The van der Waals surface area contributed by atoms with Gasteiger partial charge in [-0.2, -0.15) is 11.8 Å². The number of thiophene rings is 1. The number of sulfonamides is 1. The quantitative estimate of drug-likeness (QED) is 0.827. The summed E-state index contributed by atoms with van der Waals surface area (Å²) in [4.78, 5) is 2.45. The Morgan fingerprint density at radius 1 is 1.26 bits per heavy atom. The molecule has 5 nitrogen and oxygen atoms in total. The van der Waals surface area contributed by atoms with Gasteiger partial charge in [-0.1, -0.05) is 11.6 Å². The molecule has 0 aliphatic carbocycles. The van der Waals surface area contributed by atoms with E-state index in [9.17, 15) is 8.42 Å². The first-order valence-corrected chi connectivity index (χ1v) is 11.5. The van der Waals surface area contributed by atoms with Crippen LogP contribution in [0.4, 0.5) is 0 Å². The predicted octanol–water partition coefficient (Wildman–Crippen LogP) is 2.28. The molecule has 2 fully saturated rings. The van der Waals surface area contributed by atoms with Crippen molar-refractivity contribution < 1.29 is 13.2 Å². The molecule has 0 amide bonds. The number of rotatable bonds is 5. The lowest BCUT2D eigenvalue weighted by Crippen LogP contribution is -2.60. The largest absolute Gasteiger partial charge is 0.381 e. The van der Waals surface area contributed by atoms with Crippen molar-refractivity contribution in [1.82, 2.24) is 9.62 Å². The Morgan fingerprint density at radius 3 is 2.57 bits per heavy atom. The molecule has 0 aromatic carbocycles. The van der Waals surface area contributed by atoms with E-state index in [1.807, 2.05) is 11.8 Å². The average Bonchev–Trinajstić information content (AvgIpc) is 3.02. The number of thioether (sulfide) groups is 1. The van der Waals surface area contributed by atoms with E-state index in [1.165, 1.54) is 0 Å². The molecule has 9 heteroatoms. The van der Waals surface area contributed by atoms with Crippen LogP contribution in [0.1, 0.15) is 12.8 Å². The van der Waals surface area contributed by atoms with Gasteiger partial charge in [0.15, 0.2) is 0 Å². The second-order valence-electron chi connectivity index (χ2n) is 5.82. The van der Waals surface area contributed by atoms with E-state index in [0.29, 0.717) is 24.1 Å². The minimum atomic E-state index is -3.50. The fourth-order valence-corrected chi connectivity index (χ4v) is 6.69. The van der Waals surface area contributed by atoms with E-state index >= 15 is 0 Å². The van der Waals surface area contributed by atoms with Gasteiger partial charge in [0.1, 0.15) is 4.21 Å². The summed E-state index contributed by atoms with van der Waals surface area (Å²) in [7, 11) is -3.50. The minimum Gasteiger partial charge on any atom is -0.381 e. The van der Waals surface area contributed by atoms with E-state index in [4.69, 9.17) is 16.3 Å². The molecule has 0 radical (unpaired) electrons. The summed E-state index contributed by atoms with van der Waals surface area (Å²) in [6.45, 7) is 3.83. The number of hydrogen-bond acceptors (Lipinski definition) is 6. The Hall–Kier alpha value is 0.170. The Morgan fingerprint density at radius 2 is 1.96 bits per heavy atom. The molecule has 1 aromatic heterocycles. The van der Waals surface area contributed by atoms with Crippen molar-refractivity contribution in [2.45, 2.75) is 22.6 Å². The zero-order valence-electron chi connectivity index (χ0n) is 12.8. The monoisotopic (exact) mass is 396 g/mol. The third-order valence-corrected chi connectivity index (χ3v) is 8.58. The van der Waals surface area contributed by atoms with Gasteiger partial charge in [0, 0.05) is 49.9 Å². The van der Waals surface area contributed by atoms with Gasteiger partial charge in [0.05, 0.1) is 4.34 Å². The van der Waals surface area contributed by atoms with Crippen molar-refractivity contribution in [2.24, 2.45) is 0 Å². The van der Waals surface area contributed by atoms with Gasteiger partial charge in [-0.25, -0.2) is 13.1 Å². The van der Waals surface area contributed by atoms with E-state index < -0.39 is 10.0 Å². The predicted molar refractivity (Wildman–Crippen MR) is 96.2 cm³/mol. The Bertz CT molecular complexity index is 623. The third-order valence-electron chi connectivity index (χ3n) is 4.51. The summed E-state index contributed by atoms with van der Waals surface area (Å²) in [6.07, 6.45) is 1.73. The molecule has 0 spiro atoms. The van der Waals surface area contributed by atoms with E-state index in [0.717, 1.165) is 48.8 Å². The van der Waals surface area contributed by atoms with Crippen LogP contribution >= 0.6 is 34.7 Å².